The molecular weight excluding hydrogens is 683 g/mol. The molecule has 3 N–H and O–H groups in total. The average molecular weight is 730 g/mol. The van der Waals surface area contributed by atoms with Crippen LogP contribution in [-0.2, 0) is 11.3 Å². The highest BCUT2D eigenvalue weighted by atomic mass is 16.2. The van der Waals surface area contributed by atoms with E-state index in [1.807, 2.05) is 41.4 Å². The van der Waals surface area contributed by atoms with E-state index in [1.54, 1.807) is 6.07 Å². The minimum atomic E-state index is -0.288. The molecule has 2 aliphatic carbocycles. The summed E-state index contributed by atoms with van der Waals surface area (Å²) in [5.74, 6) is 0.524. The van der Waals surface area contributed by atoms with Gasteiger partial charge in [-0.3, -0.25) is 24.0 Å². The highest BCUT2D eigenvalue weighted by Gasteiger charge is 2.39. The molecule has 0 spiro atoms. The van der Waals surface area contributed by atoms with Gasteiger partial charge in [0.2, 0.25) is 5.91 Å². The maximum Gasteiger partial charge on any atom is 0.274 e. The van der Waals surface area contributed by atoms with Gasteiger partial charge in [0.05, 0.1) is 46.7 Å². The summed E-state index contributed by atoms with van der Waals surface area (Å²) in [5.41, 5.74) is 7.27. The van der Waals surface area contributed by atoms with Crippen molar-refractivity contribution in [3.63, 3.8) is 0 Å². The lowest BCUT2D eigenvalue weighted by atomic mass is 9.91. The molecule has 280 valence electrons. The molecule has 14 nitrogen and oxygen atoms in total. The zero-order chi connectivity index (χ0) is 37.1. The first-order valence-electron chi connectivity index (χ1n) is 19.4. The third-order valence-electron chi connectivity index (χ3n) is 11.5. The Kier molecular flexibility index (Phi) is 8.79. The molecule has 0 bridgehead atoms. The number of benzene rings is 1. The normalized spacial score (nSPS) is 20.9. The van der Waals surface area contributed by atoms with Crippen LogP contribution in [0.15, 0.2) is 48.7 Å². The van der Waals surface area contributed by atoms with Gasteiger partial charge in [0, 0.05) is 68.9 Å². The minimum Gasteiger partial charge on any atom is -0.364 e. The van der Waals surface area contributed by atoms with Crippen LogP contribution in [0.4, 0.5) is 22.9 Å². The largest absolute Gasteiger partial charge is 0.364 e. The molecule has 2 saturated carbocycles. The molecule has 0 radical (unpaired) electrons. The van der Waals surface area contributed by atoms with Crippen molar-refractivity contribution in [3.8, 4) is 11.1 Å². The number of carbonyl (C=O) groups excluding carboxylic acids is 3. The number of nitrogens with zero attached hydrogens (tertiary/aromatic N) is 8. The van der Waals surface area contributed by atoms with Crippen LogP contribution < -0.4 is 20.9 Å². The Morgan fingerprint density at radius 3 is 2.48 bits per heavy atom. The van der Waals surface area contributed by atoms with E-state index < -0.39 is 0 Å². The first-order valence-corrected chi connectivity index (χ1v) is 19.4. The van der Waals surface area contributed by atoms with Crippen LogP contribution in [0, 0.1) is 11.8 Å². The Bertz CT molecular complexity index is 2120. The average Bonchev–Trinajstić information content (AvgIpc) is 4.08. The lowest BCUT2D eigenvalue weighted by Crippen LogP contribution is -2.48. The van der Waals surface area contributed by atoms with Crippen molar-refractivity contribution in [2.75, 3.05) is 48.8 Å². The molecule has 3 amide bonds. The van der Waals surface area contributed by atoms with E-state index in [4.69, 9.17) is 10.1 Å². The lowest BCUT2D eigenvalue weighted by Gasteiger charge is -2.43. The third kappa shape index (κ3) is 6.56. The lowest BCUT2D eigenvalue weighted by molar-refractivity contribution is -0.117. The molecule has 14 heteroatoms. The molecular formula is C40H47N11O3. The standard InChI is InChI=1S/C40H47N11O3/c1-4-33-37-29(18-41-51(37)27-21-49(22-27)20-26-7-5-10-31(42-26)40(54)50-16-15-23(2)19-50)28-8-6-9-30(36(28)48(33)3)44-32-17-34(45-38(52)24-11-12-24)46-47-35(32)39(53)43-25-13-14-25/h5-10,17-18,23-25,27,33H,4,11-16,19-22H2,1-3H3,(H,43,53)(H2,44,45,46,52)/t23-,33-/m0/s1. The molecule has 1 aromatic carbocycles. The van der Waals surface area contributed by atoms with Gasteiger partial charge >= 0.3 is 0 Å². The molecule has 6 heterocycles. The summed E-state index contributed by atoms with van der Waals surface area (Å²) in [4.78, 5) is 50.3. The van der Waals surface area contributed by atoms with E-state index in [9.17, 15) is 14.4 Å². The fraction of sp³-hybridized carbons (Fsp3) is 0.475. The number of nitrogens with one attached hydrogen (secondary N) is 3. The van der Waals surface area contributed by atoms with Crippen molar-refractivity contribution in [2.24, 2.45) is 11.8 Å². The van der Waals surface area contributed by atoms with Crippen LogP contribution in [-0.4, -0.2) is 91.8 Å². The van der Waals surface area contributed by atoms with Crippen LogP contribution in [0.5, 0.6) is 0 Å². The molecule has 5 aliphatic rings. The van der Waals surface area contributed by atoms with Crippen LogP contribution in [0.25, 0.3) is 11.1 Å². The Hall–Kier alpha value is -5.37. The van der Waals surface area contributed by atoms with Crippen molar-refractivity contribution in [1.29, 1.82) is 0 Å². The second kappa shape index (κ2) is 13.8. The van der Waals surface area contributed by atoms with Gasteiger partial charge in [0.1, 0.15) is 5.69 Å². The highest BCUT2D eigenvalue weighted by Crippen LogP contribution is 2.50. The Morgan fingerprint density at radius 2 is 1.74 bits per heavy atom. The molecule has 4 aromatic rings. The topological polar surface area (TPSA) is 154 Å². The third-order valence-corrected chi connectivity index (χ3v) is 11.5. The van der Waals surface area contributed by atoms with Crippen LogP contribution >= 0.6 is 0 Å². The molecule has 4 fully saturated rings. The second-order valence-corrected chi connectivity index (χ2v) is 15.8. The molecule has 3 aromatic heterocycles. The Labute approximate surface area is 314 Å². The van der Waals surface area contributed by atoms with Gasteiger partial charge in [-0.15, -0.1) is 10.2 Å². The fourth-order valence-corrected chi connectivity index (χ4v) is 8.19. The zero-order valence-electron chi connectivity index (χ0n) is 31.1. The SMILES string of the molecule is CC[C@H]1c2c(cnn2C2CN(Cc3cccc(C(=O)N4CC[C@H](C)C4)n3)C2)-c2cccc(Nc3cc(NC(=O)C4CC4)nnc3C(=O)NC3CC3)c2N1C. The summed E-state index contributed by atoms with van der Waals surface area (Å²) in [7, 11) is 2.11. The number of hydrogen-bond acceptors (Lipinski definition) is 10. The number of fused-ring (bicyclic) bond motifs is 3. The predicted octanol–water partition coefficient (Wildman–Crippen LogP) is 5.16. The van der Waals surface area contributed by atoms with Gasteiger partial charge in [-0.25, -0.2) is 4.98 Å². The van der Waals surface area contributed by atoms with Gasteiger partial charge in [0.25, 0.3) is 11.8 Å². The van der Waals surface area contributed by atoms with E-state index in [2.05, 4.69) is 67.6 Å². The fourth-order valence-electron chi connectivity index (χ4n) is 8.19. The molecule has 9 rings (SSSR count). The van der Waals surface area contributed by atoms with Gasteiger partial charge in [0.15, 0.2) is 11.5 Å². The maximum atomic E-state index is 13.3. The van der Waals surface area contributed by atoms with Crippen LogP contribution in [0.2, 0.25) is 0 Å². The number of aromatic nitrogens is 5. The summed E-state index contributed by atoms with van der Waals surface area (Å²) in [6, 6.07) is 14.1. The number of hydrogen-bond donors (Lipinski definition) is 3. The number of rotatable bonds is 11. The van der Waals surface area contributed by atoms with Crippen LogP contribution in [0.1, 0.15) is 96.8 Å². The minimum absolute atomic E-state index is 0.00891. The van der Waals surface area contributed by atoms with E-state index >= 15 is 0 Å². The van der Waals surface area contributed by atoms with Crippen molar-refractivity contribution in [2.45, 2.75) is 77.0 Å². The molecule has 0 unspecified atom stereocenters. The highest BCUT2D eigenvalue weighted by molar-refractivity contribution is 6.01. The molecule has 3 aliphatic heterocycles. The number of anilines is 4. The summed E-state index contributed by atoms with van der Waals surface area (Å²) < 4.78 is 2.21. The van der Waals surface area contributed by atoms with Crippen molar-refractivity contribution >= 4 is 40.6 Å². The smallest absolute Gasteiger partial charge is 0.274 e. The van der Waals surface area contributed by atoms with Gasteiger partial charge in [-0.1, -0.05) is 32.0 Å². The Balaban J connectivity index is 0.950. The van der Waals surface area contributed by atoms with Gasteiger partial charge in [-0.2, -0.15) is 5.10 Å². The molecule has 54 heavy (non-hydrogen) atoms. The first-order chi connectivity index (χ1) is 26.2. The van der Waals surface area contributed by atoms with E-state index in [0.717, 1.165) is 92.9 Å². The summed E-state index contributed by atoms with van der Waals surface area (Å²) in [5, 5.41) is 22.9. The number of amides is 3. The number of likely N-dealkylation sites (tertiary alicyclic amines) is 2. The summed E-state index contributed by atoms with van der Waals surface area (Å²) in [6.07, 6.45) is 7.55. The zero-order valence-corrected chi connectivity index (χ0v) is 31.1. The number of para-hydroxylation sites is 1. The molecule has 2 saturated heterocycles. The van der Waals surface area contributed by atoms with E-state index in [-0.39, 0.29) is 47.5 Å². The first kappa shape index (κ1) is 34.4. The Morgan fingerprint density at radius 1 is 0.926 bits per heavy atom. The number of pyridine rings is 1. The predicted molar refractivity (Wildman–Crippen MR) is 204 cm³/mol. The van der Waals surface area contributed by atoms with Crippen molar-refractivity contribution in [3.05, 3.63) is 71.4 Å². The monoisotopic (exact) mass is 729 g/mol. The van der Waals surface area contributed by atoms with Crippen LogP contribution in [0.3, 0.4) is 0 Å². The van der Waals surface area contributed by atoms with E-state index in [0.29, 0.717) is 29.7 Å². The summed E-state index contributed by atoms with van der Waals surface area (Å²) in [6.45, 7) is 8.34. The van der Waals surface area contributed by atoms with Gasteiger partial charge in [-0.05, 0) is 62.6 Å². The summed E-state index contributed by atoms with van der Waals surface area (Å²) >= 11 is 0. The maximum absolute atomic E-state index is 13.3. The van der Waals surface area contributed by atoms with Crippen molar-refractivity contribution < 1.29 is 14.4 Å². The molecule has 2 atom stereocenters. The van der Waals surface area contributed by atoms with Gasteiger partial charge < -0.3 is 25.8 Å². The number of carbonyl (C=O) groups is 3. The second-order valence-electron chi connectivity index (χ2n) is 15.8. The van der Waals surface area contributed by atoms with Crippen molar-refractivity contribution in [1.82, 2.24) is 40.1 Å². The quantitative estimate of drug-likeness (QED) is 0.189. The van der Waals surface area contributed by atoms with E-state index in [1.165, 1.54) is 5.69 Å².